The van der Waals surface area contributed by atoms with E-state index in [9.17, 15) is 4.79 Å². The monoisotopic (exact) mass is 303 g/mol. The van der Waals surface area contributed by atoms with E-state index in [1.54, 1.807) is 11.3 Å². The maximum absolute atomic E-state index is 12.7. The third-order valence-corrected chi connectivity index (χ3v) is 7.36. The fourth-order valence-electron chi connectivity index (χ4n) is 5.55. The summed E-state index contributed by atoms with van der Waals surface area (Å²) in [7, 11) is 0. The van der Waals surface area contributed by atoms with Crippen molar-refractivity contribution in [2.75, 3.05) is 0 Å². The molecule has 4 bridgehead atoms. The third-order valence-electron chi connectivity index (χ3n) is 5.98. The van der Waals surface area contributed by atoms with E-state index in [0.717, 1.165) is 29.1 Å². The number of hydrogen-bond donors (Lipinski definition) is 1. The summed E-state index contributed by atoms with van der Waals surface area (Å²) < 4.78 is 0. The minimum atomic E-state index is 0.135. The quantitative estimate of drug-likeness (QED) is 0.885. The number of carbonyl (C=O) groups excluding carboxylic acids is 1. The van der Waals surface area contributed by atoms with Crippen LogP contribution in [-0.2, 0) is 6.42 Å². The molecule has 0 aromatic carbocycles. The summed E-state index contributed by atoms with van der Waals surface area (Å²) in [5.74, 6) is 2.83. The Labute approximate surface area is 131 Å². The van der Waals surface area contributed by atoms with Crippen molar-refractivity contribution in [3.8, 4) is 0 Å². The van der Waals surface area contributed by atoms with Crippen LogP contribution in [0.25, 0.3) is 0 Å². The minimum Gasteiger partial charge on any atom is -0.346 e. The number of amides is 1. The van der Waals surface area contributed by atoms with Crippen LogP contribution in [-0.4, -0.2) is 11.4 Å². The van der Waals surface area contributed by atoms with Crippen molar-refractivity contribution in [2.24, 2.45) is 17.8 Å². The smallest absolute Gasteiger partial charge is 0.261 e. The molecule has 5 rings (SSSR count). The van der Waals surface area contributed by atoms with Crippen LogP contribution in [0.1, 0.15) is 65.6 Å². The van der Waals surface area contributed by atoms with Gasteiger partial charge in [0.25, 0.3) is 5.91 Å². The number of hydrogen-bond acceptors (Lipinski definition) is 2. The lowest BCUT2D eigenvalue weighted by molar-refractivity contribution is -0.0166. The normalized spacial score (nSPS) is 37.0. The highest BCUT2D eigenvalue weighted by molar-refractivity contribution is 7.14. The Hall–Kier alpha value is -0.830. The molecule has 4 aliphatic rings. The van der Waals surface area contributed by atoms with Gasteiger partial charge < -0.3 is 5.32 Å². The number of aryl methyl sites for hydroxylation is 2. The molecule has 21 heavy (non-hydrogen) atoms. The summed E-state index contributed by atoms with van der Waals surface area (Å²) in [6, 6.07) is 2.08. The first kappa shape index (κ1) is 13.8. The fourth-order valence-corrected chi connectivity index (χ4v) is 6.56. The summed E-state index contributed by atoms with van der Waals surface area (Å²) in [5.41, 5.74) is 1.41. The molecule has 1 N–H and O–H groups in total. The third kappa shape index (κ3) is 2.34. The molecule has 4 saturated carbocycles. The second-order valence-electron chi connectivity index (χ2n) is 7.72. The van der Waals surface area contributed by atoms with Gasteiger partial charge in [-0.1, -0.05) is 6.92 Å². The number of nitrogens with one attached hydrogen (secondary N) is 1. The molecule has 0 unspecified atom stereocenters. The van der Waals surface area contributed by atoms with Crippen molar-refractivity contribution < 1.29 is 4.79 Å². The van der Waals surface area contributed by atoms with E-state index >= 15 is 0 Å². The first-order chi connectivity index (χ1) is 10.1. The van der Waals surface area contributed by atoms with E-state index in [0.29, 0.717) is 0 Å². The van der Waals surface area contributed by atoms with E-state index in [1.807, 2.05) is 0 Å². The van der Waals surface area contributed by atoms with Crippen LogP contribution in [0.5, 0.6) is 0 Å². The highest BCUT2D eigenvalue weighted by atomic mass is 32.1. The Morgan fingerprint density at radius 2 is 1.81 bits per heavy atom. The predicted molar refractivity (Wildman–Crippen MR) is 86.8 cm³/mol. The van der Waals surface area contributed by atoms with Gasteiger partial charge >= 0.3 is 0 Å². The summed E-state index contributed by atoms with van der Waals surface area (Å²) in [5, 5.41) is 3.48. The van der Waals surface area contributed by atoms with Gasteiger partial charge in [0.2, 0.25) is 0 Å². The second kappa shape index (κ2) is 4.84. The van der Waals surface area contributed by atoms with Crippen molar-refractivity contribution in [3.63, 3.8) is 0 Å². The molecule has 1 amide bonds. The van der Waals surface area contributed by atoms with Gasteiger partial charge in [-0.2, -0.15) is 0 Å². The molecule has 4 aliphatic carbocycles. The van der Waals surface area contributed by atoms with Crippen molar-refractivity contribution >= 4 is 17.2 Å². The molecule has 0 radical (unpaired) electrons. The SMILES string of the molecule is CCc1sc(C(=O)NC23CC4CC(CC(C4)C2)C3)cc1C. The Morgan fingerprint density at radius 1 is 1.24 bits per heavy atom. The van der Waals surface area contributed by atoms with Crippen molar-refractivity contribution in [1.82, 2.24) is 5.32 Å². The molecule has 0 saturated heterocycles. The topological polar surface area (TPSA) is 29.1 Å². The molecule has 1 heterocycles. The van der Waals surface area contributed by atoms with Gasteiger partial charge in [-0.25, -0.2) is 0 Å². The van der Waals surface area contributed by atoms with E-state index in [1.165, 1.54) is 49.0 Å². The number of carbonyl (C=O) groups is 1. The van der Waals surface area contributed by atoms with E-state index < -0.39 is 0 Å². The van der Waals surface area contributed by atoms with E-state index in [2.05, 4.69) is 25.2 Å². The zero-order valence-electron chi connectivity index (χ0n) is 13.1. The van der Waals surface area contributed by atoms with Crippen LogP contribution in [0.3, 0.4) is 0 Å². The van der Waals surface area contributed by atoms with Crippen LogP contribution in [0.2, 0.25) is 0 Å². The summed E-state index contributed by atoms with van der Waals surface area (Å²) in [6.07, 6.45) is 9.00. The van der Waals surface area contributed by atoms with Crippen LogP contribution >= 0.6 is 11.3 Å². The van der Waals surface area contributed by atoms with Gasteiger partial charge in [-0.05, 0) is 81.3 Å². The first-order valence-electron chi connectivity index (χ1n) is 8.49. The molecule has 2 nitrogen and oxygen atoms in total. The van der Waals surface area contributed by atoms with Crippen LogP contribution in [0, 0.1) is 24.7 Å². The van der Waals surface area contributed by atoms with Gasteiger partial charge in [-0.3, -0.25) is 4.79 Å². The standard InChI is InChI=1S/C18H25NOS/c1-3-15-11(2)4-16(21-15)17(20)19-18-8-12-5-13(9-18)7-14(6-12)10-18/h4,12-14H,3,5-10H2,1-2H3,(H,19,20). The molecule has 1 aromatic rings. The lowest BCUT2D eigenvalue weighted by Crippen LogP contribution is -2.59. The van der Waals surface area contributed by atoms with Crippen LogP contribution in [0.4, 0.5) is 0 Å². The van der Waals surface area contributed by atoms with Crippen molar-refractivity contribution in [1.29, 1.82) is 0 Å². The largest absolute Gasteiger partial charge is 0.346 e. The second-order valence-corrected chi connectivity index (χ2v) is 8.86. The van der Waals surface area contributed by atoms with Gasteiger partial charge in [0.1, 0.15) is 0 Å². The van der Waals surface area contributed by atoms with Gasteiger partial charge in [0.15, 0.2) is 0 Å². The first-order valence-corrected chi connectivity index (χ1v) is 9.30. The van der Waals surface area contributed by atoms with Crippen molar-refractivity contribution in [3.05, 3.63) is 21.4 Å². The summed E-state index contributed by atoms with van der Waals surface area (Å²) in [4.78, 5) is 15.0. The lowest BCUT2D eigenvalue weighted by atomic mass is 9.53. The fraction of sp³-hybridized carbons (Fsp3) is 0.722. The molecule has 3 heteroatoms. The molecule has 0 atom stereocenters. The lowest BCUT2D eigenvalue weighted by Gasteiger charge is -2.56. The summed E-state index contributed by atoms with van der Waals surface area (Å²) in [6.45, 7) is 4.29. The number of rotatable bonds is 3. The van der Waals surface area contributed by atoms with Gasteiger partial charge in [-0.15, -0.1) is 11.3 Å². The summed E-state index contributed by atoms with van der Waals surface area (Å²) >= 11 is 1.68. The van der Waals surface area contributed by atoms with Gasteiger partial charge in [0, 0.05) is 10.4 Å². The van der Waals surface area contributed by atoms with Crippen molar-refractivity contribution in [2.45, 2.75) is 64.3 Å². The molecule has 4 fully saturated rings. The van der Waals surface area contributed by atoms with E-state index in [-0.39, 0.29) is 11.4 Å². The Kier molecular flexibility index (Phi) is 3.18. The molecule has 1 aromatic heterocycles. The number of thiophene rings is 1. The zero-order chi connectivity index (χ0) is 14.6. The van der Waals surface area contributed by atoms with E-state index in [4.69, 9.17) is 0 Å². The van der Waals surface area contributed by atoms with Crippen LogP contribution < -0.4 is 5.32 Å². The maximum atomic E-state index is 12.7. The molecular formula is C18H25NOS. The molecule has 0 spiro atoms. The minimum absolute atomic E-state index is 0.135. The Balaban J connectivity index is 1.53. The zero-order valence-corrected chi connectivity index (χ0v) is 13.9. The Morgan fingerprint density at radius 3 is 2.29 bits per heavy atom. The average molecular weight is 303 g/mol. The highest BCUT2D eigenvalue weighted by Gasteiger charge is 2.51. The van der Waals surface area contributed by atoms with Crippen LogP contribution in [0.15, 0.2) is 6.07 Å². The highest BCUT2D eigenvalue weighted by Crippen LogP contribution is 2.55. The van der Waals surface area contributed by atoms with Gasteiger partial charge in [0.05, 0.1) is 4.88 Å². The maximum Gasteiger partial charge on any atom is 0.261 e. The Bertz CT molecular complexity index is 538. The molecule has 0 aliphatic heterocycles. The predicted octanol–water partition coefficient (Wildman–Crippen LogP) is 4.32. The molecule has 114 valence electrons. The molecular weight excluding hydrogens is 278 g/mol. The average Bonchev–Trinajstić information content (AvgIpc) is 2.78.